The second-order valence-corrected chi connectivity index (χ2v) is 5.18. The maximum atomic E-state index is 4.78. The molecule has 0 fully saturated rings. The van der Waals surface area contributed by atoms with Crippen LogP contribution in [0.3, 0.4) is 0 Å². The zero-order valence-electron chi connectivity index (χ0n) is 12.1. The van der Waals surface area contributed by atoms with Crippen LogP contribution >= 0.6 is 0 Å². The molecule has 4 heteroatoms. The number of aryl methyl sites for hydroxylation is 1. The van der Waals surface area contributed by atoms with Crippen LogP contribution in [0.4, 0.5) is 0 Å². The highest BCUT2D eigenvalue weighted by Crippen LogP contribution is 2.33. The fourth-order valence-electron chi connectivity index (χ4n) is 2.60. The molecule has 22 heavy (non-hydrogen) atoms. The van der Waals surface area contributed by atoms with Crippen LogP contribution in [-0.4, -0.2) is 19.9 Å². The van der Waals surface area contributed by atoms with E-state index in [4.69, 9.17) is 4.98 Å². The molecule has 0 unspecified atom stereocenters. The lowest BCUT2D eigenvalue weighted by Gasteiger charge is -2.07. The van der Waals surface area contributed by atoms with Gasteiger partial charge in [-0.25, -0.2) is 9.97 Å². The molecule has 0 atom stereocenters. The van der Waals surface area contributed by atoms with Crippen molar-refractivity contribution < 1.29 is 0 Å². The molecule has 2 aromatic rings. The van der Waals surface area contributed by atoms with Gasteiger partial charge in [0.1, 0.15) is 17.2 Å². The van der Waals surface area contributed by atoms with Gasteiger partial charge in [0.15, 0.2) is 0 Å². The fourth-order valence-corrected chi connectivity index (χ4v) is 2.60. The summed E-state index contributed by atoms with van der Waals surface area (Å²) in [7, 11) is 0. The molecule has 4 rings (SSSR count). The zero-order chi connectivity index (χ0) is 14.9. The lowest BCUT2D eigenvalue weighted by Crippen LogP contribution is -1.97. The van der Waals surface area contributed by atoms with Crippen molar-refractivity contribution in [3.05, 3.63) is 66.7 Å². The molecular formula is C18H14N4. The van der Waals surface area contributed by atoms with Crippen LogP contribution in [0.2, 0.25) is 0 Å². The molecule has 4 nitrogen and oxygen atoms in total. The first-order valence-electron chi connectivity index (χ1n) is 7.14. The summed E-state index contributed by atoms with van der Waals surface area (Å²) >= 11 is 0. The average Bonchev–Trinajstić information content (AvgIpc) is 2.99. The minimum atomic E-state index is 0.860. The van der Waals surface area contributed by atoms with Crippen LogP contribution in [0.15, 0.2) is 60.9 Å². The standard InChI is InChI=1S/C18H14N4/c1-12-20-16-10-15(13-6-3-2-4-7-13)22-18(16)17(21-12)14-8-5-9-19-11-14/h2-11H,1H3,(H,20,21). The topological polar surface area (TPSA) is 54.5 Å². The highest BCUT2D eigenvalue weighted by atomic mass is 14.9. The van der Waals surface area contributed by atoms with E-state index in [0.29, 0.717) is 0 Å². The number of fused-ring (bicyclic) bond motifs is 1. The number of benzene rings is 1. The van der Waals surface area contributed by atoms with Crippen molar-refractivity contribution in [3.8, 4) is 33.9 Å². The minimum Gasteiger partial charge on any atom is -0.342 e. The van der Waals surface area contributed by atoms with Gasteiger partial charge >= 0.3 is 0 Å². The number of hydrogen-bond donors (Lipinski definition) is 1. The summed E-state index contributed by atoms with van der Waals surface area (Å²) in [6, 6.07) is 16.1. The molecule has 0 aliphatic carbocycles. The Kier molecular flexibility index (Phi) is 2.93. The average molecular weight is 286 g/mol. The number of nitrogens with one attached hydrogen (secondary N) is 1. The number of pyridine rings is 1. The molecular weight excluding hydrogens is 272 g/mol. The third kappa shape index (κ3) is 2.15. The smallest absolute Gasteiger partial charge is 0.114 e. The van der Waals surface area contributed by atoms with Gasteiger partial charge in [-0.3, -0.25) is 4.98 Å². The van der Waals surface area contributed by atoms with E-state index in [0.717, 1.165) is 39.7 Å². The van der Waals surface area contributed by atoms with Crippen molar-refractivity contribution in [3.63, 3.8) is 0 Å². The van der Waals surface area contributed by atoms with Gasteiger partial charge in [0, 0.05) is 23.5 Å². The Morgan fingerprint density at radius 2 is 1.68 bits per heavy atom. The van der Waals surface area contributed by atoms with E-state index in [1.54, 1.807) is 6.20 Å². The lowest BCUT2D eigenvalue weighted by atomic mass is 10.1. The van der Waals surface area contributed by atoms with Crippen LogP contribution in [0.25, 0.3) is 33.9 Å². The highest BCUT2D eigenvalue weighted by Gasteiger charge is 2.18. The predicted octanol–water partition coefficient (Wildman–Crippen LogP) is 3.95. The molecule has 3 heterocycles. The number of aromatic nitrogens is 4. The molecule has 0 radical (unpaired) electrons. The van der Waals surface area contributed by atoms with Gasteiger partial charge in [-0.2, -0.15) is 0 Å². The molecule has 0 saturated carbocycles. The van der Waals surface area contributed by atoms with Crippen molar-refractivity contribution in [2.75, 3.05) is 0 Å². The van der Waals surface area contributed by atoms with Crippen LogP contribution in [0.1, 0.15) is 5.82 Å². The monoisotopic (exact) mass is 286 g/mol. The van der Waals surface area contributed by atoms with E-state index in [9.17, 15) is 0 Å². The van der Waals surface area contributed by atoms with Crippen molar-refractivity contribution in [2.24, 2.45) is 0 Å². The zero-order valence-corrected chi connectivity index (χ0v) is 12.1. The van der Waals surface area contributed by atoms with Crippen LogP contribution in [-0.2, 0) is 0 Å². The van der Waals surface area contributed by atoms with Gasteiger partial charge in [0.25, 0.3) is 0 Å². The van der Waals surface area contributed by atoms with Gasteiger partial charge in [-0.05, 0) is 25.1 Å². The predicted molar refractivity (Wildman–Crippen MR) is 86.4 cm³/mol. The fraction of sp³-hybridized carbons (Fsp3) is 0.0556. The Morgan fingerprint density at radius 1 is 0.864 bits per heavy atom. The molecule has 1 aromatic heterocycles. The Hall–Kier alpha value is -3.01. The summed E-state index contributed by atoms with van der Waals surface area (Å²) in [5.41, 5.74) is 5.75. The van der Waals surface area contributed by atoms with Gasteiger partial charge in [-0.1, -0.05) is 30.3 Å². The van der Waals surface area contributed by atoms with E-state index in [1.165, 1.54) is 0 Å². The van der Waals surface area contributed by atoms with Crippen LogP contribution < -0.4 is 0 Å². The van der Waals surface area contributed by atoms with Gasteiger partial charge in [-0.15, -0.1) is 0 Å². The Balaban J connectivity index is 1.94. The largest absolute Gasteiger partial charge is 0.342 e. The van der Waals surface area contributed by atoms with Gasteiger partial charge in [0.2, 0.25) is 0 Å². The van der Waals surface area contributed by atoms with Gasteiger partial charge < -0.3 is 4.98 Å². The van der Waals surface area contributed by atoms with E-state index in [2.05, 4.69) is 33.2 Å². The molecule has 2 aliphatic heterocycles. The summed E-state index contributed by atoms with van der Waals surface area (Å²) in [4.78, 5) is 16.9. The van der Waals surface area contributed by atoms with Crippen molar-refractivity contribution in [1.29, 1.82) is 0 Å². The van der Waals surface area contributed by atoms with Crippen LogP contribution in [0.5, 0.6) is 0 Å². The van der Waals surface area contributed by atoms with Crippen LogP contribution in [0, 0.1) is 6.92 Å². The number of nitrogens with zero attached hydrogens (tertiary/aromatic N) is 3. The molecule has 0 spiro atoms. The minimum absolute atomic E-state index is 0.860. The first kappa shape index (κ1) is 12.7. The number of rotatable bonds is 2. The summed E-state index contributed by atoms with van der Waals surface area (Å²) in [5, 5.41) is 0. The van der Waals surface area contributed by atoms with Gasteiger partial charge in [0.05, 0.1) is 11.4 Å². The van der Waals surface area contributed by atoms with Crippen molar-refractivity contribution in [2.45, 2.75) is 6.92 Å². The van der Waals surface area contributed by atoms with Crippen molar-refractivity contribution >= 4 is 0 Å². The summed E-state index contributed by atoms with van der Waals surface area (Å²) < 4.78 is 0. The summed E-state index contributed by atoms with van der Waals surface area (Å²) in [5.74, 6) is 0.860. The van der Waals surface area contributed by atoms with E-state index in [-0.39, 0.29) is 0 Å². The molecule has 0 bridgehead atoms. The number of H-pyrrole nitrogens is 1. The maximum Gasteiger partial charge on any atom is 0.114 e. The quantitative estimate of drug-likeness (QED) is 0.607. The summed E-state index contributed by atoms with van der Waals surface area (Å²) in [6.45, 7) is 1.95. The Morgan fingerprint density at radius 3 is 2.45 bits per heavy atom. The molecule has 1 aromatic carbocycles. The third-order valence-electron chi connectivity index (χ3n) is 3.59. The second-order valence-electron chi connectivity index (χ2n) is 5.18. The van der Waals surface area contributed by atoms with E-state index in [1.807, 2.05) is 43.5 Å². The second kappa shape index (κ2) is 5.07. The Bertz CT molecular complexity index is 882. The first-order valence-corrected chi connectivity index (χ1v) is 7.14. The van der Waals surface area contributed by atoms with E-state index >= 15 is 0 Å². The molecule has 106 valence electrons. The molecule has 0 amide bonds. The number of aromatic amines is 1. The maximum absolute atomic E-state index is 4.78. The van der Waals surface area contributed by atoms with E-state index < -0.39 is 0 Å². The SMILES string of the molecule is Cc1nc(-c2cccnc2)c2nc(-c3ccccc3)cc-2[nH]1. The summed E-state index contributed by atoms with van der Waals surface area (Å²) in [6.07, 6.45) is 3.58. The molecule has 1 N–H and O–H groups in total. The molecule has 0 saturated heterocycles. The molecule has 2 aliphatic rings. The first-order chi connectivity index (χ1) is 10.8. The lowest BCUT2D eigenvalue weighted by molar-refractivity contribution is 1.05. The Labute approximate surface area is 128 Å². The highest BCUT2D eigenvalue weighted by molar-refractivity contribution is 5.81. The third-order valence-corrected chi connectivity index (χ3v) is 3.59. The van der Waals surface area contributed by atoms with Crippen molar-refractivity contribution in [1.82, 2.24) is 19.9 Å². The number of hydrogen-bond acceptors (Lipinski definition) is 3. The normalized spacial score (nSPS) is 11.0.